The molecule has 1 N–H and O–H groups in total. The van der Waals surface area contributed by atoms with E-state index in [9.17, 15) is 9.59 Å². The van der Waals surface area contributed by atoms with Crippen molar-refractivity contribution in [3.05, 3.63) is 23.4 Å². The topological polar surface area (TPSA) is 62.3 Å². The predicted octanol–water partition coefficient (Wildman–Crippen LogP) is 2.71. The molecule has 118 valence electrons. The second-order valence-corrected chi connectivity index (χ2v) is 6.94. The van der Waals surface area contributed by atoms with Crippen LogP contribution in [0.2, 0.25) is 5.02 Å². The standard InChI is InChI=1S/C16H20ClN3O2/c1-16(6-7-16)15(22)20-8-2-3-11(10-20)14(21)19-13-5-4-12(17)9-18-13/h4-5,9,11H,2-3,6-8,10H2,1H3,(H,18,19,21). The number of carbonyl (C=O) groups excluding carboxylic acids is 2. The molecule has 2 fully saturated rings. The smallest absolute Gasteiger partial charge is 0.230 e. The lowest BCUT2D eigenvalue weighted by molar-refractivity contribution is -0.139. The monoisotopic (exact) mass is 321 g/mol. The predicted molar refractivity (Wildman–Crippen MR) is 84.5 cm³/mol. The Balaban J connectivity index is 1.60. The molecule has 1 aliphatic carbocycles. The second-order valence-electron chi connectivity index (χ2n) is 6.50. The summed E-state index contributed by atoms with van der Waals surface area (Å²) in [5, 5.41) is 3.34. The molecule has 0 aromatic carbocycles. The van der Waals surface area contributed by atoms with Gasteiger partial charge in [-0.15, -0.1) is 0 Å². The molecule has 0 bridgehead atoms. The Hall–Kier alpha value is -1.62. The first-order valence-electron chi connectivity index (χ1n) is 7.70. The summed E-state index contributed by atoms with van der Waals surface area (Å²) in [4.78, 5) is 30.7. The quantitative estimate of drug-likeness (QED) is 0.931. The molecule has 3 rings (SSSR count). The summed E-state index contributed by atoms with van der Waals surface area (Å²) < 4.78 is 0. The second kappa shape index (κ2) is 5.88. The number of anilines is 1. The van der Waals surface area contributed by atoms with E-state index in [4.69, 9.17) is 11.6 Å². The van der Waals surface area contributed by atoms with Crippen molar-refractivity contribution >= 4 is 29.2 Å². The van der Waals surface area contributed by atoms with Crippen LogP contribution in [0.15, 0.2) is 18.3 Å². The molecule has 1 unspecified atom stereocenters. The van der Waals surface area contributed by atoms with Crippen molar-refractivity contribution in [2.45, 2.75) is 32.6 Å². The first kappa shape index (κ1) is 15.3. The SMILES string of the molecule is CC1(C(=O)N2CCCC(C(=O)Nc3ccc(Cl)cn3)C2)CC1. The van der Waals surface area contributed by atoms with Gasteiger partial charge in [0.15, 0.2) is 0 Å². The maximum Gasteiger partial charge on any atom is 0.230 e. The molecule has 1 aliphatic heterocycles. The molecule has 1 saturated heterocycles. The van der Waals surface area contributed by atoms with E-state index >= 15 is 0 Å². The summed E-state index contributed by atoms with van der Waals surface area (Å²) >= 11 is 5.78. The number of hydrogen-bond acceptors (Lipinski definition) is 3. The Kier molecular flexibility index (Phi) is 4.08. The van der Waals surface area contributed by atoms with Crippen molar-refractivity contribution in [2.75, 3.05) is 18.4 Å². The lowest BCUT2D eigenvalue weighted by Gasteiger charge is -2.33. The minimum Gasteiger partial charge on any atom is -0.341 e. The van der Waals surface area contributed by atoms with Crippen LogP contribution in [0.25, 0.3) is 0 Å². The number of rotatable bonds is 3. The zero-order valence-corrected chi connectivity index (χ0v) is 13.4. The number of halogens is 1. The number of amides is 2. The van der Waals surface area contributed by atoms with Gasteiger partial charge in [-0.25, -0.2) is 4.98 Å². The molecule has 1 saturated carbocycles. The highest BCUT2D eigenvalue weighted by molar-refractivity contribution is 6.30. The lowest BCUT2D eigenvalue weighted by atomic mass is 9.95. The highest BCUT2D eigenvalue weighted by atomic mass is 35.5. The molecule has 1 aromatic rings. The molecule has 2 heterocycles. The van der Waals surface area contributed by atoms with E-state index in [1.807, 2.05) is 11.8 Å². The van der Waals surface area contributed by atoms with E-state index < -0.39 is 0 Å². The van der Waals surface area contributed by atoms with Gasteiger partial charge in [-0.1, -0.05) is 18.5 Å². The Labute approximate surface area is 135 Å². The van der Waals surface area contributed by atoms with E-state index in [0.717, 1.165) is 32.2 Å². The summed E-state index contributed by atoms with van der Waals surface area (Å²) in [6.07, 6.45) is 5.11. The van der Waals surface area contributed by atoms with Crippen molar-refractivity contribution in [2.24, 2.45) is 11.3 Å². The van der Waals surface area contributed by atoms with Crippen LogP contribution in [0.4, 0.5) is 5.82 Å². The summed E-state index contributed by atoms with van der Waals surface area (Å²) in [5.41, 5.74) is -0.171. The van der Waals surface area contributed by atoms with E-state index in [2.05, 4.69) is 10.3 Å². The van der Waals surface area contributed by atoms with Crippen molar-refractivity contribution in [3.63, 3.8) is 0 Å². The van der Waals surface area contributed by atoms with Crippen LogP contribution in [0.1, 0.15) is 32.6 Å². The number of nitrogens with one attached hydrogen (secondary N) is 1. The maximum atomic E-state index is 12.4. The minimum atomic E-state index is -0.171. The van der Waals surface area contributed by atoms with Crippen LogP contribution in [0, 0.1) is 11.3 Å². The van der Waals surface area contributed by atoms with Gasteiger partial charge < -0.3 is 10.2 Å². The van der Waals surface area contributed by atoms with Gasteiger partial charge in [-0.2, -0.15) is 0 Å². The van der Waals surface area contributed by atoms with Crippen molar-refractivity contribution in [3.8, 4) is 0 Å². The number of hydrogen-bond donors (Lipinski definition) is 1. The third-order valence-corrected chi connectivity index (χ3v) is 4.80. The molecule has 1 aromatic heterocycles. The van der Waals surface area contributed by atoms with Crippen molar-refractivity contribution in [1.82, 2.24) is 9.88 Å². The number of likely N-dealkylation sites (tertiary alicyclic amines) is 1. The summed E-state index contributed by atoms with van der Waals surface area (Å²) in [7, 11) is 0. The number of carbonyl (C=O) groups is 2. The summed E-state index contributed by atoms with van der Waals surface area (Å²) in [6, 6.07) is 3.37. The van der Waals surface area contributed by atoms with Crippen molar-refractivity contribution < 1.29 is 9.59 Å². The van der Waals surface area contributed by atoms with E-state index in [-0.39, 0.29) is 23.1 Å². The summed E-state index contributed by atoms with van der Waals surface area (Å²) in [5.74, 6) is 0.451. The van der Waals surface area contributed by atoms with Gasteiger partial charge in [0.25, 0.3) is 0 Å². The zero-order valence-electron chi connectivity index (χ0n) is 12.6. The molecule has 6 heteroatoms. The van der Waals surface area contributed by atoms with Crippen LogP contribution in [-0.4, -0.2) is 34.8 Å². The van der Waals surface area contributed by atoms with Crippen LogP contribution in [0.5, 0.6) is 0 Å². The molecule has 0 radical (unpaired) electrons. The molecule has 5 nitrogen and oxygen atoms in total. The Bertz CT molecular complexity index is 584. The first-order chi connectivity index (χ1) is 10.5. The van der Waals surface area contributed by atoms with Gasteiger partial charge in [0.2, 0.25) is 11.8 Å². The highest BCUT2D eigenvalue weighted by Crippen LogP contribution is 2.47. The van der Waals surface area contributed by atoms with Crippen molar-refractivity contribution in [1.29, 1.82) is 0 Å². The molecular weight excluding hydrogens is 302 g/mol. The lowest BCUT2D eigenvalue weighted by Crippen LogP contribution is -2.46. The van der Waals surface area contributed by atoms with E-state index in [0.29, 0.717) is 17.4 Å². The van der Waals surface area contributed by atoms with Gasteiger partial charge in [-0.05, 0) is 37.8 Å². The minimum absolute atomic E-state index is 0.0757. The third-order valence-electron chi connectivity index (χ3n) is 4.57. The third kappa shape index (κ3) is 3.24. The first-order valence-corrected chi connectivity index (χ1v) is 8.07. The van der Waals surface area contributed by atoms with E-state index in [1.165, 1.54) is 6.20 Å². The number of pyridine rings is 1. The largest absolute Gasteiger partial charge is 0.341 e. The molecule has 1 atom stereocenters. The molecule has 22 heavy (non-hydrogen) atoms. The van der Waals surface area contributed by atoms with E-state index in [1.54, 1.807) is 12.1 Å². The molecule has 2 amide bonds. The van der Waals surface area contributed by atoms with Gasteiger partial charge >= 0.3 is 0 Å². The molecule has 0 spiro atoms. The van der Waals surface area contributed by atoms with Gasteiger partial charge in [0.1, 0.15) is 5.82 Å². The highest BCUT2D eigenvalue weighted by Gasteiger charge is 2.48. The number of piperidine rings is 1. The number of nitrogens with zero attached hydrogens (tertiary/aromatic N) is 2. The average molecular weight is 322 g/mol. The number of aromatic nitrogens is 1. The van der Waals surface area contributed by atoms with Crippen LogP contribution in [-0.2, 0) is 9.59 Å². The maximum absolute atomic E-state index is 12.4. The Morgan fingerprint density at radius 3 is 2.82 bits per heavy atom. The average Bonchev–Trinajstić information content (AvgIpc) is 3.28. The van der Waals surface area contributed by atoms with Gasteiger partial charge in [0, 0.05) is 24.7 Å². The summed E-state index contributed by atoms with van der Waals surface area (Å²) in [6.45, 7) is 3.28. The van der Waals surface area contributed by atoms with Crippen LogP contribution < -0.4 is 5.32 Å². The van der Waals surface area contributed by atoms with Gasteiger partial charge in [0.05, 0.1) is 10.9 Å². The fourth-order valence-electron chi connectivity index (χ4n) is 2.84. The van der Waals surface area contributed by atoms with Crippen LogP contribution in [0.3, 0.4) is 0 Å². The Morgan fingerprint density at radius 2 is 2.18 bits per heavy atom. The normalized spacial score (nSPS) is 23.0. The Morgan fingerprint density at radius 1 is 1.41 bits per heavy atom. The fourth-order valence-corrected chi connectivity index (χ4v) is 2.95. The van der Waals surface area contributed by atoms with Gasteiger partial charge in [-0.3, -0.25) is 9.59 Å². The fraction of sp³-hybridized carbons (Fsp3) is 0.562. The van der Waals surface area contributed by atoms with Crippen LogP contribution >= 0.6 is 11.6 Å². The molecule has 2 aliphatic rings. The molecular formula is C16H20ClN3O2. The zero-order chi connectivity index (χ0) is 15.7.